The monoisotopic (exact) mass is 283 g/mol. The van der Waals surface area contributed by atoms with Crippen molar-refractivity contribution in [3.8, 4) is 0 Å². The second kappa shape index (κ2) is 6.17. The van der Waals surface area contributed by atoms with E-state index in [2.05, 4.69) is 10.3 Å². The summed E-state index contributed by atoms with van der Waals surface area (Å²) in [6, 6.07) is 8.93. The van der Waals surface area contributed by atoms with Crippen LogP contribution in [0, 0.1) is 13.8 Å². The molecule has 1 heterocycles. The number of carbonyl (C=O) groups is 2. The van der Waals surface area contributed by atoms with Crippen LogP contribution < -0.4 is 11.1 Å². The van der Waals surface area contributed by atoms with Crippen molar-refractivity contribution in [1.82, 2.24) is 10.3 Å². The van der Waals surface area contributed by atoms with E-state index < -0.39 is 5.91 Å². The SMILES string of the molecule is Cc1ccc(C(=O)NCc2ccccn2)c(C)c1C(N)=O. The second-order valence-corrected chi connectivity index (χ2v) is 4.80. The lowest BCUT2D eigenvalue weighted by Gasteiger charge is -2.12. The van der Waals surface area contributed by atoms with Gasteiger partial charge in [0.1, 0.15) is 0 Å². The molecule has 0 saturated heterocycles. The normalized spacial score (nSPS) is 10.2. The van der Waals surface area contributed by atoms with E-state index in [1.807, 2.05) is 18.2 Å². The molecule has 5 heteroatoms. The van der Waals surface area contributed by atoms with Gasteiger partial charge in [-0.2, -0.15) is 0 Å². The Morgan fingerprint density at radius 2 is 1.95 bits per heavy atom. The maximum atomic E-state index is 12.2. The van der Waals surface area contributed by atoms with Crippen LogP contribution in [0.3, 0.4) is 0 Å². The number of carbonyl (C=O) groups excluding carboxylic acids is 2. The van der Waals surface area contributed by atoms with Crippen molar-refractivity contribution in [3.63, 3.8) is 0 Å². The van der Waals surface area contributed by atoms with Gasteiger partial charge < -0.3 is 11.1 Å². The van der Waals surface area contributed by atoms with Crippen LogP contribution in [0.15, 0.2) is 36.5 Å². The number of primary amides is 1. The Hall–Kier alpha value is -2.69. The molecule has 2 aromatic rings. The number of nitrogens with one attached hydrogen (secondary N) is 1. The number of rotatable bonds is 4. The first kappa shape index (κ1) is 14.7. The second-order valence-electron chi connectivity index (χ2n) is 4.80. The maximum Gasteiger partial charge on any atom is 0.251 e. The first-order valence-electron chi connectivity index (χ1n) is 6.59. The molecule has 2 amide bonds. The summed E-state index contributed by atoms with van der Waals surface area (Å²) in [6.07, 6.45) is 1.67. The highest BCUT2D eigenvalue weighted by Crippen LogP contribution is 2.18. The zero-order valence-corrected chi connectivity index (χ0v) is 12.0. The van der Waals surface area contributed by atoms with E-state index in [1.54, 1.807) is 32.2 Å². The van der Waals surface area contributed by atoms with Gasteiger partial charge in [0.2, 0.25) is 5.91 Å². The first-order chi connectivity index (χ1) is 10.0. The third-order valence-electron chi connectivity index (χ3n) is 3.32. The number of aryl methyl sites for hydroxylation is 1. The number of hydrogen-bond donors (Lipinski definition) is 2. The van der Waals surface area contributed by atoms with Gasteiger partial charge in [-0.25, -0.2) is 0 Å². The quantitative estimate of drug-likeness (QED) is 0.896. The Morgan fingerprint density at radius 1 is 1.19 bits per heavy atom. The molecule has 0 saturated carbocycles. The number of aromatic nitrogens is 1. The Labute approximate surface area is 123 Å². The number of nitrogens with zero attached hydrogens (tertiary/aromatic N) is 1. The number of benzene rings is 1. The van der Waals surface area contributed by atoms with E-state index in [9.17, 15) is 9.59 Å². The van der Waals surface area contributed by atoms with Gasteiger partial charge >= 0.3 is 0 Å². The summed E-state index contributed by atoms with van der Waals surface area (Å²) >= 11 is 0. The molecular weight excluding hydrogens is 266 g/mol. The average molecular weight is 283 g/mol. The van der Waals surface area contributed by atoms with Crippen LogP contribution in [0.2, 0.25) is 0 Å². The maximum absolute atomic E-state index is 12.2. The van der Waals surface area contributed by atoms with E-state index in [4.69, 9.17) is 5.73 Å². The molecule has 0 spiro atoms. The summed E-state index contributed by atoms with van der Waals surface area (Å²) in [6.45, 7) is 3.85. The third kappa shape index (κ3) is 3.25. The van der Waals surface area contributed by atoms with E-state index in [0.29, 0.717) is 23.2 Å². The molecule has 0 aliphatic heterocycles. The van der Waals surface area contributed by atoms with Crippen molar-refractivity contribution in [1.29, 1.82) is 0 Å². The summed E-state index contributed by atoms with van der Waals surface area (Å²) in [5.41, 5.74) is 8.35. The van der Waals surface area contributed by atoms with Crippen LogP contribution >= 0.6 is 0 Å². The molecule has 0 aliphatic rings. The average Bonchev–Trinajstić information content (AvgIpc) is 2.45. The minimum Gasteiger partial charge on any atom is -0.366 e. The predicted molar refractivity (Wildman–Crippen MR) is 79.8 cm³/mol. The zero-order valence-electron chi connectivity index (χ0n) is 12.0. The fourth-order valence-corrected chi connectivity index (χ4v) is 2.24. The molecule has 0 radical (unpaired) electrons. The van der Waals surface area contributed by atoms with Crippen LogP contribution in [0.5, 0.6) is 0 Å². The number of hydrogen-bond acceptors (Lipinski definition) is 3. The fraction of sp³-hybridized carbons (Fsp3) is 0.188. The molecule has 0 unspecified atom stereocenters. The summed E-state index contributed by atoms with van der Waals surface area (Å²) in [5, 5.41) is 2.79. The number of pyridine rings is 1. The van der Waals surface area contributed by atoms with Gasteiger partial charge in [-0.15, -0.1) is 0 Å². The lowest BCUT2D eigenvalue weighted by Crippen LogP contribution is -2.25. The molecule has 0 bridgehead atoms. The Bertz CT molecular complexity index is 681. The minimum atomic E-state index is -0.524. The molecule has 0 atom stereocenters. The highest BCUT2D eigenvalue weighted by Gasteiger charge is 2.16. The minimum absolute atomic E-state index is 0.249. The van der Waals surface area contributed by atoms with Crippen molar-refractivity contribution in [2.24, 2.45) is 5.73 Å². The molecular formula is C16H17N3O2. The standard InChI is InChI=1S/C16H17N3O2/c1-10-6-7-13(11(2)14(10)15(17)20)16(21)19-9-12-5-3-4-8-18-12/h3-8H,9H2,1-2H3,(H2,17,20)(H,19,21). The summed E-state index contributed by atoms with van der Waals surface area (Å²) in [5.74, 6) is -0.773. The number of amides is 2. The summed E-state index contributed by atoms with van der Waals surface area (Å²) < 4.78 is 0. The van der Waals surface area contributed by atoms with Gasteiger partial charge in [0.05, 0.1) is 12.2 Å². The smallest absolute Gasteiger partial charge is 0.251 e. The van der Waals surface area contributed by atoms with Crippen LogP contribution in [-0.4, -0.2) is 16.8 Å². The van der Waals surface area contributed by atoms with Gasteiger partial charge in [0.25, 0.3) is 5.91 Å². The molecule has 2 rings (SSSR count). The van der Waals surface area contributed by atoms with Gasteiger partial charge in [-0.05, 0) is 43.2 Å². The van der Waals surface area contributed by atoms with E-state index >= 15 is 0 Å². The molecule has 1 aromatic carbocycles. The van der Waals surface area contributed by atoms with Crippen molar-refractivity contribution >= 4 is 11.8 Å². The molecule has 0 aliphatic carbocycles. The molecule has 21 heavy (non-hydrogen) atoms. The van der Waals surface area contributed by atoms with Crippen molar-refractivity contribution in [2.45, 2.75) is 20.4 Å². The summed E-state index contributed by atoms with van der Waals surface area (Å²) in [4.78, 5) is 27.8. The van der Waals surface area contributed by atoms with E-state index in [0.717, 1.165) is 11.3 Å². The van der Waals surface area contributed by atoms with Crippen LogP contribution in [0.25, 0.3) is 0 Å². The van der Waals surface area contributed by atoms with Gasteiger partial charge in [-0.3, -0.25) is 14.6 Å². The molecule has 0 fully saturated rings. The topological polar surface area (TPSA) is 85.1 Å². The Balaban J connectivity index is 2.20. The van der Waals surface area contributed by atoms with Crippen LogP contribution in [0.4, 0.5) is 0 Å². The van der Waals surface area contributed by atoms with Crippen LogP contribution in [0.1, 0.15) is 37.5 Å². The fourth-order valence-electron chi connectivity index (χ4n) is 2.24. The lowest BCUT2D eigenvalue weighted by atomic mass is 9.96. The van der Waals surface area contributed by atoms with E-state index in [1.165, 1.54) is 0 Å². The van der Waals surface area contributed by atoms with Gasteiger partial charge in [-0.1, -0.05) is 12.1 Å². The molecule has 108 valence electrons. The number of nitrogens with two attached hydrogens (primary N) is 1. The zero-order chi connectivity index (χ0) is 15.4. The van der Waals surface area contributed by atoms with Gasteiger partial charge in [0, 0.05) is 17.3 Å². The summed E-state index contributed by atoms with van der Waals surface area (Å²) in [7, 11) is 0. The highest BCUT2D eigenvalue weighted by molar-refractivity contribution is 6.02. The van der Waals surface area contributed by atoms with Crippen molar-refractivity contribution < 1.29 is 9.59 Å². The van der Waals surface area contributed by atoms with E-state index in [-0.39, 0.29) is 5.91 Å². The highest BCUT2D eigenvalue weighted by atomic mass is 16.2. The Kier molecular flexibility index (Phi) is 4.33. The van der Waals surface area contributed by atoms with Gasteiger partial charge in [0.15, 0.2) is 0 Å². The third-order valence-corrected chi connectivity index (χ3v) is 3.32. The molecule has 3 N–H and O–H groups in total. The molecule has 1 aromatic heterocycles. The van der Waals surface area contributed by atoms with Crippen LogP contribution in [-0.2, 0) is 6.54 Å². The first-order valence-corrected chi connectivity index (χ1v) is 6.59. The largest absolute Gasteiger partial charge is 0.366 e. The van der Waals surface area contributed by atoms with Crippen molar-refractivity contribution in [3.05, 3.63) is 64.5 Å². The van der Waals surface area contributed by atoms with Crippen molar-refractivity contribution in [2.75, 3.05) is 0 Å². The predicted octanol–water partition coefficient (Wildman–Crippen LogP) is 1.73. The lowest BCUT2D eigenvalue weighted by molar-refractivity contribution is 0.0950. The Morgan fingerprint density at radius 3 is 2.57 bits per heavy atom. The molecule has 5 nitrogen and oxygen atoms in total.